The summed E-state index contributed by atoms with van der Waals surface area (Å²) in [7, 11) is 0. The van der Waals surface area contributed by atoms with E-state index in [2.05, 4.69) is 20.9 Å². The van der Waals surface area contributed by atoms with Crippen LogP contribution in [0.1, 0.15) is 23.2 Å². The monoisotopic (exact) mass is 463 g/mol. The topological polar surface area (TPSA) is 86.4 Å². The first kappa shape index (κ1) is 22.6. The van der Waals surface area contributed by atoms with Gasteiger partial charge in [0.2, 0.25) is 5.91 Å². The molecule has 2 heterocycles. The zero-order valence-electron chi connectivity index (χ0n) is 18.1. The van der Waals surface area contributed by atoms with Gasteiger partial charge in [0.1, 0.15) is 5.82 Å². The molecule has 0 atom stereocenters. The molecule has 3 aromatic rings. The second-order valence-corrected chi connectivity index (χ2v) is 8.29. The van der Waals surface area contributed by atoms with Crippen LogP contribution in [0.4, 0.5) is 17.2 Å². The molecule has 0 bridgehead atoms. The minimum Gasteiger partial charge on any atom is -0.381 e. The molecular formula is C25H26ClN5O2. The van der Waals surface area contributed by atoms with Gasteiger partial charge < -0.3 is 20.9 Å². The molecule has 0 spiro atoms. The molecule has 0 radical (unpaired) electrons. The van der Waals surface area contributed by atoms with Gasteiger partial charge in [0.25, 0.3) is 5.91 Å². The van der Waals surface area contributed by atoms with Crippen LogP contribution in [0.15, 0.2) is 72.9 Å². The average Bonchev–Trinajstić information content (AvgIpc) is 2.85. The first-order valence-corrected chi connectivity index (χ1v) is 11.3. The minimum atomic E-state index is -0.322. The first-order chi connectivity index (χ1) is 16.1. The molecule has 2 aromatic carbocycles. The third kappa shape index (κ3) is 6.23. The van der Waals surface area contributed by atoms with Crippen molar-refractivity contribution in [3.63, 3.8) is 0 Å². The summed E-state index contributed by atoms with van der Waals surface area (Å²) in [6, 6.07) is 21.0. The molecule has 33 heavy (non-hydrogen) atoms. The first-order valence-electron chi connectivity index (χ1n) is 10.9. The van der Waals surface area contributed by atoms with E-state index in [1.165, 1.54) is 6.20 Å². The number of likely N-dealkylation sites (tertiary alicyclic amines) is 1. The Balaban J connectivity index is 1.21. The largest absolute Gasteiger partial charge is 0.381 e. The molecule has 8 heteroatoms. The van der Waals surface area contributed by atoms with Crippen LogP contribution in [0.25, 0.3) is 0 Å². The number of anilines is 3. The predicted octanol–water partition coefficient (Wildman–Crippen LogP) is 4.31. The van der Waals surface area contributed by atoms with E-state index in [0.717, 1.165) is 24.2 Å². The molecule has 2 amide bonds. The van der Waals surface area contributed by atoms with Crippen LogP contribution in [0.3, 0.4) is 0 Å². The summed E-state index contributed by atoms with van der Waals surface area (Å²) in [5.41, 5.74) is 2.23. The Hall–Kier alpha value is -3.58. The summed E-state index contributed by atoms with van der Waals surface area (Å²) < 4.78 is 0. The van der Waals surface area contributed by atoms with E-state index in [9.17, 15) is 9.59 Å². The number of amides is 2. The fourth-order valence-electron chi connectivity index (χ4n) is 3.71. The number of carbonyl (C=O) groups is 2. The van der Waals surface area contributed by atoms with Crippen molar-refractivity contribution in [2.75, 3.05) is 30.3 Å². The van der Waals surface area contributed by atoms with Gasteiger partial charge >= 0.3 is 0 Å². The minimum absolute atomic E-state index is 0.0363. The van der Waals surface area contributed by atoms with Gasteiger partial charge in [-0.1, -0.05) is 41.9 Å². The highest BCUT2D eigenvalue weighted by Gasteiger charge is 2.23. The quantitative estimate of drug-likeness (QED) is 0.486. The van der Waals surface area contributed by atoms with Crippen molar-refractivity contribution in [3.8, 4) is 0 Å². The van der Waals surface area contributed by atoms with Gasteiger partial charge in [0, 0.05) is 31.0 Å². The molecule has 1 saturated heterocycles. The van der Waals surface area contributed by atoms with Crippen molar-refractivity contribution in [2.45, 2.75) is 18.9 Å². The van der Waals surface area contributed by atoms with Gasteiger partial charge in [0.05, 0.1) is 22.8 Å². The van der Waals surface area contributed by atoms with Gasteiger partial charge in [-0.3, -0.25) is 9.59 Å². The van der Waals surface area contributed by atoms with Gasteiger partial charge in [0.15, 0.2) is 0 Å². The van der Waals surface area contributed by atoms with Crippen molar-refractivity contribution < 1.29 is 9.59 Å². The van der Waals surface area contributed by atoms with Crippen molar-refractivity contribution >= 4 is 40.6 Å². The van der Waals surface area contributed by atoms with E-state index >= 15 is 0 Å². The number of piperidine rings is 1. The number of rotatable bonds is 7. The lowest BCUT2D eigenvalue weighted by atomic mass is 10.0. The number of nitrogens with one attached hydrogen (secondary N) is 3. The van der Waals surface area contributed by atoms with Crippen molar-refractivity contribution in [2.24, 2.45) is 0 Å². The van der Waals surface area contributed by atoms with Gasteiger partial charge in [-0.05, 0) is 49.2 Å². The maximum atomic E-state index is 12.6. The SMILES string of the molecule is O=C(NCC(=O)N1CCC(Nc2ccccc2Cl)CC1)c1ccc(Nc2ccccc2)nc1. The molecule has 1 aliphatic rings. The van der Waals surface area contributed by atoms with Crippen LogP contribution in [0, 0.1) is 0 Å². The molecule has 0 saturated carbocycles. The van der Waals surface area contributed by atoms with Crippen LogP contribution in [-0.4, -0.2) is 47.4 Å². The smallest absolute Gasteiger partial charge is 0.253 e. The fourth-order valence-corrected chi connectivity index (χ4v) is 3.90. The third-order valence-corrected chi connectivity index (χ3v) is 5.88. The lowest BCUT2D eigenvalue weighted by molar-refractivity contribution is -0.131. The van der Waals surface area contributed by atoms with Crippen LogP contribution >= 0.6 is 11.6 Å². The van der Waals surface area contributed by atoms with E-state index in [4.69, 9.17) is 11.6 Å². The maximum absolute atomic E-state index is 12.6. The number of nitrogens with zero attached hydrogens (tertiary/aromatic N) is 2. The van der Waals surface area contributed by atoms with Gasteiger partial charge in [-0.2, -0.15) is 0 Å². The van der Waals surface area contributed by atoms with Crippen LogP contribution < -0.4 is 16.0 Å². The number of hydrogen-bond donors (Lipinski definition) is 3. The Kier molecular flexibility index (Phi) is 7.42. The normalized spacial score (nSPS) is 13.9. The standard InChI is InChI=1S/C25H26ClN5O2/c26-21-8-4-5-9-22(21)29-20-12-14-31(15-13-20)24(32)17-28-25(33)18-10-11-23(27-16-18)30-19-6-2-1-3-7-19/h1-11,16,20,29H,12-15,17H2,(H,27,30)(H,28,33). The van der Waals surface area contributed by atoms with E-state index in [-0.39, 0.29) is 24.4 Å². The van der Waals surface area contributed by atoms with Crippen LogP contribution in [-0.2, 0) is 4.79 Å². The molecule has 0 aliphatic carbocycles. The van der Waals surface area contributed by atoms with E-state index < -0.39 is 0 Å². The second kappa shape index (κ2) is 10.8. The highest BCUT2D eigenvalue weighted by Crippen LogP contribution is 2.24. The summed E-state index contributed by atoms with van der Waals surface area (Å²) in [6.07, 6.45) is 3.15. The average molecular weight is 464 g/mol. The number of hydrogen-bond acceptors (Lipinski definition) is 5. The van der Waals surface area contributed by atoms with Crippen molar-refractivity contribution in [1.29, 1.82) is 0 Å². The van der Waals surface area contributed by atoms with Crippen LogP contribution in [0.2, 0.25) is 5.02 Å². The molecule has 1 aromatic heterocycles. The predicted molar refractivity (Wildman–Crippen MR) is 131 cm³/mol. The Bertz CT molecular complexity index is 1080. The molecule has 7 nitrogen and oxygen atoms in total. The third-order valence-electron chi connectivity index (χ3n) is 5.55. The molecule has 4 rings (SSSR count). The molecule has 170 valence electrons. The van der Waals surface area contributed by atoms with Crippen molar-refractivity contribution in [1.82, 2.24) is 15.2 Å². The Morgan fingerprint density at radius 1 is 0.970 bits per heavy atom. The zero-order chi connectivity index (χ0) is 23.0. The van der Waals surface area contributed by atoms with E-state index in [0.29, 0.717) is 29.5 Å². The highest BCUT2D eigenvalue weighted by molar-refractivity contribution is 6.33. The zero-order valence-corrected chi connectivity index (χ0v) is 18.9. The number of pyridine rings is 1. The summed E-state index contributed by atoms with van der Waals surface area (Å²) in [4.78, 5) is 31.0. The van der Waals surface area contributed by atoms with Crippen LogP contribution in [0.5, 0.6) is 0 Å². The molecule has 3 N–H and O–H groups in total. The molecule has 1 fully saturated rings. The molecule has 0 unspecified atom stereocenters. The van der Waals surface area contributed by atoms with Gasteiger partial charge in [-0.15, -0.1) is 0 Å². The summed E-state index contributed by atoms with van der Waals surface area (Å²) in [6.45, 7) is 1.24. The summed E-state index contributed by atoms with van der Waals surface area (Å²) in [5, 5.41) is 10.0. The number of aromatic nitrogens is 1. The summed E-state index contributed by atoms with van der Waals surface area (Å²) in [5.74, 6) is 0.231. The van der Waals surface area contributed by atoms with Gasteiger partial charge in [-0.25, -0.2) is 4.98 Å². The number of benzene rings is 2. The lowest BCUT2D eigenvalue weighted by Gasteiger charge is -2.33. The van der Waals surface area contributed by atoms with E-state index in [1.807, 2.05) is 54.6 Å². The molecule has 1 aliphatic heterocycles. The number of carbonyl (C=O) groups excluding carboxylic acids is 2. The lowest BCUT2D eigenvalue weighted by Crippen LogP contribution is -2.46. The highest BCUT2D eigenvalue weighted by atomic mass is 35.5. The Morgan fingerprint density at radius 2 is 1.70 bits per heavy atom. The number of para-hydroxylation sites is 2. The summed E-state index contributed by atoms with van der Waals surface area (Å²) >= 11 is 6.21. The maximum Gasteiger partial charge on any atom is 0.253 e. The number of halogens is 1. The Morgan fingerprint density at radius 3 is 2.39 bits per heavy atom. The molecular weight excluding hydrogens is 438 g/mol. The van der Waals surface area contributed by atoms with E-state index in [1.54, 1.807) is 17.0 Å². The second-order valence-electron chi connectivity index (χ2n) is 7.89. The fraction of sp³-hybridized carbons (Fsp3) is 0.240. The Labute approximate surface area is 198 Å². The van der Waals surface area contributed by atoms with Crippen molar-refractivity contribution in [3.05, 3.63) is 83.5 Å².